The van der Waals surface area contributed by atoms with Gasteiger partial charge in [0.05, 0.1) is 5.69 Å². The van der Waals surface area contributed by atoms with E-state index in [2.05, 4.69) is 0 Å². The van der Waals surface area contributed by atoms with Crippen molar-refractivity contribution in [3.8, 4) is 0 Å². The van der Waals surface area contributed by atoms with Crippen LogP contribution in [0.2, 0.25) is 0 Å². The zero-order valence-corrected chi connectivity index (χ0v) is 11.8. The van der Waals surface area contributed by atoms with Crippen LogP contribution in [0, 0.1) is 12.7 Å². The number of rotatable bonds is 1. The largest absolute Gasteiger partial charge is 0.419 e. The van der Waals surface area contributed by atoms with E-state index in [-0.39, 0.29) is 5.82 Å². The Hall–Kier alpha value is -2.62. The van der Waals surface area contributed by atoms with Gasteiger partial charge in [0.15, 0.2) is 0 Å². The van der Waals surface area contributed by atoms with Crippen LogP contribution in [0.4, 0.5) is 14.9 Å². The summed E-state index contributed by atoms with van der Waals surface area (Å²) in [5.41, 5.74) is 3.49. The smallest absolute Gasteiger partial charge is 0.409 e. The number of nitrogens with zero attached hydrogens (tertiary/aromatic N) is 1. The van der Waals surface area contributed by atoms with Crippen molar-refractivity contribution >= 4 is 23.6 Å². The summed E-state index contributed by atoms with van der Waals surface area (Å²) in [7, 11) is 1.67. The molecule has 21 heavy (non-hydrogen) atoms. The van der Waals surface area contributed by atoms with Crippen LogP contribution in [0.1, 0.15) is 16.7 Å². The number of anilines is 1. The molecule has 0 saturated carbocycles. The third-order valence-electron chi connectivity index (χ3n) is 3.42. The second kappa shape index (κ2) is 5.05. The Morgan fingerprint density at radius 1 is 1.14 bits per heavy atom. The fourth-order valence-corrected chi connectivity index (χ4v) is 2.27. The van der Waals surface area contributed by atoms with E-state index in [1.54, 1.807) is 25.3 Å². The van der Waals surface area contributed by atoms with E-state index in [1.165, 1.54) is 17.0 Å². The third-order valence-corrected chi connectivity index (χ3v) is 3.42. The molecule has 1 aliphatic heterocycles. The molecule has 1 aliphatic rings. The lowest BCUT2D eigenvalue weighted by molar-refractivity contribution is 0.199. The van der Waals surface area contributed by atoms with Crippen molar-refractivity contribution in [3.63, 3.8) is 0 Å². The highest BCUT2D eigenvalue weighted by atomic mass is 19.1. The van der Waals surface area contributed by atoms with E-state index in [4.69, 9.17) is 4.74 Å². The van der Waals surface area contributed by atoms with Crippen LogP contribution < -0.4 is 4.90 Å². The number of carbonyl (C=O) groups excluding carboxylic acids is 1. The van der Waals surface area contributed by atoms with Crippen LogP contribution in [0.25, 0.3) is 11.8 Å². The molecular weight excluding hydrogens is 269 g/mol. The number of halogens is 1. The van der Waals surface area contributed by atoms with Gasteiger partial charge in [0, 0.05) is 12.6 Å². The fraction of sp³-hybridized carbons (Fsp3) is 0.118. The molecule has 0 N–H and O–H groups in total. The number of amides is 1. The molecule has 4 heteroatoms. The number of benzene rings is 2. The van der Waals surface area contributed by atoms with Gasteiger partial charge in [-0.25, -0.2) is 9.18 Å². The third kappa shape index (κ3) is 2.52. The normalized spacial score (nSPS) is 15.9. The van der Waals surface area contributed by atoms with Crippen LogP contribution in [0.15, 0.2) is 42.5 Å². The molecule has 2 aromatic rings. The van der Waals surface area contributed by atoms with E-state index in [9.17, 15) is 9.18 Å². The van der Waals surface area contributed by atoms with E-state index in [0.717, 1.165) is 22.4 Å². The van der Waals surface area contributed by atoms with Gasteiger partial charge in [-0.1, -0.05) is 23.8 Å². The fourth-order valence-electron chi connectivity index (χ4n) is 2.27. The highest BCUT2D eigenvalue weighted by Gasteiger charge is 2.26. The Kier molecular flexibility index (Phi) is 3.22. The molecule has 0 radical (unpaired) electrons. The first-order valence-electron chi connectivity index (χ1n) is 6.58. The first-order chi connectivity index (χ1) is 10.0. The molecule has 0 aromatic heterocycles. The summed E-state index contributed by atoms with van der Waals surface area (Å²) in [5, 5.41) is 0. The maximum Gasteiger partial charge on any atom is 0.419 e. The predicted molar refractivity (Wildman–Crippen MR) is 80.3 cm³/mol. The van der Waals surface area contributed by atoms with Crippen molar-refractivity contribution in [2.45, 2.75) is 6.92 Å². The second-order valence-electron chi connectivity index (χ2n) is 5.01. The predicted octanol–water partition coefficient (Wildman–Crippen LogP) is 4.22. The maximum atomic E-state index is 13.0. The Morgan fingerprint density at radius 3 is 2.57 bits per heavy atom. The number of fused-ring (bicyclic) bond motifs is 1. The first kappa shape index (κ1) is 13.4. The Bertz CT molecular complexity index is 735. The van der Waals surface area contributed by atoms with Crippen molar-refractivity contribution in [3.05, 3.63) is 65.0 Å². The maximum absolute atomic E-state index is 13.0. The van der Waals surface area contributed by atoms with Crippen LogP contribution in [-0.2, 0) is 4.74 Å². The Balaban J connectivity index is 2.11. The highest BCUT2D eigenvalue weighted by Crippen LogP contribution is 2.34. The lowest BCUT2D eigenvalue weighted by Crippen LogP contribution is -2.31. The molecule has 1 heterocycles. The van der Waals surface area contributed by atoms with Crippen molar-refractivity contribution in [2.24, 2.45) is 0 Å². The number of hydrogen-bond acceptors (Lipinski definition) is 2. The number of aryl methyl sites for hydroxylation is 1. The molecule has 0 saturated heterocycles. The van der Waals surface area contributed by atoms with Crippen molar-refractivity contribution in [1.82, 2.24) is 0 Å². The Labute approximate surface area is 122 Å². The summed E-state index contributed by atoms with van der Waals surface area (Å²) in [6, 6.07) is 11.8. The molecule has 0 fully saturated rings. The van der Waals surface area contributed by atoms with Gasteiger partial charge < -0.3 is 4.74 Å². The monoisotopic (exact) mass is 283 g/mol. The molecule has 0 aliphatic carbocycles. The molecule has 0 spiro atoms. The molecule has 3 nitrogen and oxygen atoms in total. The summed E-state index contributed by atoms with van der Waals surface area (Å²) in [4.78, 5) is 13.4. The first-order valence-corrected chi connectivity index (χ1v) is 6.58. The zero-order chi connectivity index (χ0) is 15.0. The summed E-state index contributed by atoms with van der Waals surface area (Å²) in [5.74, 6) is 0.178. The summed E-state index contributed by atoms with van der Waals surface area (Å²) >= 11 is 0. The zero-order valence-electron chi connectivity index (χ0n) is 11.8. The summed E-state index contributed by atoms with van der Waals surface area (Å²) < 4.78 is 18.3. The summed E-state index contributed by atoms with van der Waals surface area (Å²) in [6.45, 7) is 1.98. The Morgan fingerprint density at radius 2 is 1.86 bits per heavy atom. The van der Waals surface area contributed by atoms with Crippen LogP contribution in [0.3, 0.4) is 0 Å². The lowest BCUT2D eigenvalue weighted by Gasteiger charge is -2.27. The van der Waals surface area contributed by atoms with Gasteiger partial charge in [-0.15, -0.1) is 0 Å². The molecule has 2 aromatic carbocycles. The molecule has 106 valence electrons. The van der Waals surface area contributed by atoms with Gasteiger partial charge in [0.25, 0.3) is 0 Å². The van der Waals surface area contributed by atoms with Gasteiger partial charge in [-0.05, 0) is 42.8 Å². The number of ether oxygens (including phenoxy) is 1. The van der Waals surface area contributed by atoms with Gasteiger partial charge in [0.1, 0.15) is 11.6 Å². The minimum atomic E-state index is -0.431. The number of hydrogen-bond donors (Lipinski definition) is 0. The number of cyclic esters (lactones) is 1. The SMILES string of the molecule is Cc1ccc2c(c1)/C(=C/c1ccc(F)cc1)OC(=O)N2C. The molecule has 0 bridgehead atoms. The van der Waals surface area contributed by atoms with Gasteiger partial charge >= 0.3 is 6.09 Å². The average molecular weight is 283 g/mol. The van der Waals surface area contributed by atoms with E-state index < -0.39 is 6.09 Å². The lowest BCUT2D eigenvalue weighted by atomic mass is 10.0. The number of carbonyl (C=O) groups is 1. The van der Waals surface area contributed by atoms with Gasteiger partial charge in [-0.2, -0.15) is 0 Å². The van der Waals surface area contributed by atoms with E-state index >= 15 is 0 Å². The van der Waals surface area contributed by atoms with Crippen molar-refractivity contribution in [2.75, 3.05) is 11.9 Å². The van der Waals surface area contributed by atoms with Crippen LogP contribution in [-0.4, -0.2) is 13.1 Å². The van der Waals surface area contributed by atoms with Gasteiger partial charge in [-0.3, -0.25) is 4.90 Å². The standard InChI is InChI=1S/C17H14FNO2/c1-11-3-8-15-14(9-11)16(21-17(20)19(15)2)10-12-4-6-13(18)7-5-12/h3-10H,1-2H3/b16-10-. The average Bonchev–Trinajstić information content (AvgIpc) is 2.47. The molecular formula is C17H14FNO2. The van der Waals surface area contributed by atoms with Crippen molar-refractivity contribution in [1.29, 1.82) is 0 Å². The van der Waals surface area contributed by atoms with E-state index in [0.29, 0.717) is 5.76 Å². The molecule has 1 amide bonds. The van der Waals surface area contributed by atoms with Crippen LogP contribution in [0.5, 0.6) is 0 Å². The molecule has 3 rings (SSSR count). The van der Waals surface area contributed by atoms with Crippen LogP contribution >= 0.6 is 0 Å². The molecule has 0 unspecified atom stereocenters. The minimum absolute atomic E-state index is 0.297. The van der Waals surface area contributed by atoms with Gasteiger partial charge in [0.2, 0.25) is 0 Å². The topological polar surface area (TPSA) is 29.5 Å². The second-order valence-corrected chi connectivity index (χ2v) is 5.01. The summed E-state index contributed by atoms with van der Waals surface area (Å²) in [6.07, 6.45) is 1.31. The highest BCUT2D eigenvalue weighted by molar-refractivity contribution is 6.01. The quantitative estimate of drug-likeness (QED) is 0.784. The van der Waals surface area contributed by atoms with E-state index in [1.807, 2.05) is 25.1 Å². The minimum Gasteiger partial charge on any atom is -0.409 e. The molecule has 0 atom stereocenters. The van der Waals surface area contributed by atoms with Crippen molar-refractivity contribution < 1.29 is 13.9 Å².